The third-order valence-electron chi connectivity index (χ3n) is 2.41. The standard InChI is InChI=1S/C13H15N3/c1-16(13-5-3-2-4-6-13)15-11-12-7-9-14-10-8-12/h2-10,15H,11H2,1H3. The molecule has 82 valence electrons. The fourth-order valence-corrected chi connectivity index (χ4v) is 1.45. The summed E-state index contributed by atoms with van der Waals surface area (Å²) < 4.78 is 0. The van der Waals surface area contributed by atoms with E-state index in [0.717, 1.165) is 12.2 Å². The van der Waals surface area contributed by atoms with Gasteiger partial charge >= 0.3 is 0 Å². The van der Waals surface area contributed by atoms with E-state index in [2.05, 4.69) is 22.5 Å². The van der Waals surface area contributed by atoms with Crippen LogP contribution in [0.1, 0.15) is 5.56 Å². The number of anilines is 1. The predicted molar refractivity (Wildman–Crippen MR) is 65.9 cm³/mol. The van der Waals surface area contributed by atoms with Crippen molar-refractivity contribution in [3.05, 3.63) is 60.4 Å². The Kier molecular flexibility index (Phi) is 3.51. The minimum Gasteiger partial charge on any atom is -0.311 e. The highest BCUT2D eigenvalue weighted by atomic mass is 15.5. The molecule has 1 aromatic carbocycles. The average Bonchev–Trinajstić information content (AvgIpc) is 2.38. The van der Waals surface area contributed by atoms with Crippen LogP contribution in [0.5, 0.6) is 0 Å². The van der Waals surface area contributed by atoms with Crippen molar-refractivity contribution in [1.29, 1.82) is 0 Å². The van der Waals surface area contributed by atoms with E-state index < -0.39 is 0 Å². The summed E-state index contributed by atoms with van der Waals surface area (Å²) in [5.41, 5.74) is 5.69. The normalized spacial score (nSPS) is 10.1. The Morgan fingerprint density at radius 3 is 2.44 bits per heavy atom. The molecule has 0 bridgehead atoms. The van der Waals surface area contributed by atoms with Crippen LogP contribution in [-0.4, -0.2) is 12.0 Å². The maximum atomic E-state index is 3.99. The van der Waals surface area contributed by atoms with E-state index in [4.69, 9.17) is 0 Å². The Morgan fingerprint density at radius 1 is 1.06 bits per heavy atom. The lowest BCUT2D eigenvalue weighted by molar-refractivity contribution is 0.678. The molecule has 3 heteroatoms. The summed E-state index contributed by atoms with van der Waals surface area (Å²) in [5.74, 6) is 0. The first kappa shape index (κ1) is 10.6. The monoisotopic (exact) mass is 213 g/mol. The van der Waals surface area contributed by atoms with E-state index in [1.165, 1.54) is 5.56 Å². The molecular formula is C13H15N3. The van der Waals surface area contributed by atoms with E-state index in [9.17, 15) is 0 Å². The molecule has 1 heterocycles. The second kappa shape index (κ2) is 5.28. The first-order chi connectivity index (χ1) is 7.86. The second-order valence-electron chi connectivity index (χ2n) is 3.58. The van der Waals surface area contributed by atoms with Crippen molar-refractivity contribution in [2.24, 2.45) is 0 Å². The van der Waals surface area contributed by atoms with E-state index in [1.807, 2.05) is 42.4 Å². The zero-order valence-corrected chi connectivity index (χ0v) is 9.30. The van der Waals surface area contributed by atoms with Crippen LogP contribution < -0.4 is 10.4 Å². The fourth-order valence-electron chi connectivity index (χ4n) is 1.45. The van der Waals surface area contributed by atoms with Gasteiger partial charge in [-0.05, 0) is 29.8 Å². The molecule has 0 fully saturated rings. The Bertz CT molecular complexity index is 414. The topological polar surface area (TPSA) is 28.2 Å². The van der Waals surface area contributed by atoms with Crippen LogP contribution in [0.4, 0.5) is 5.69 Å². The second-order valence-corrected chi connectivity index (χ2v) is 3.58. The predicted octanol–water partition coefficient (Wildman–Crippen LogP) is 2.22. The first-order valence-electron chi connectivity index (χ1n) is 5.27. The SMILES string of the molecule is CN(NCc1ccncc1)c1ccccc1. The number of hydrogen-bond donors (Lipinski definition) is 1. The molecule has 16 heavy (non-hydrogen) atoms. The van der Waals surface area contributed by atoms with Gasteiger partial charge in [0.2, 0.25) is 0 Å². The molecule has 0 radical (unpaired) electrons. The van der Waals surface area contributed by atoms with Gasteiger partial charge in [-0.2, -0.15) is 0 Å². The van der Waals surface area contributed by atoms with Crippen molar-refractivity contribution in [1.82, 2.24) is 10.4 Å². The Hall–Kier alpha value is -1.87. The van der Waals surface area contributed by atoms with Crippen LogP contribution in [0.25, 0.3) is 0 Å². The average molecular weight is 213 g/mol. The molecule has 1 N–H and O–H groups in total. The van der Waals surface area contributed by atoms with Gasteiger partial charge in [0.05, 0.1) is 5.69 Å². The number of para-hydroxylation sites is 1. The molecule has 0 aliphatic rings. The minimum atomic E-state index is 0.800. The van der Waals surface area contributed by atoms with Crippen LogP contribution in [0.3, 0.4) is 0 Å². The Balaban J connectivity index is 1.92. The van der Waals surface area contributed by atoms with Gasteiger partial charge in [0, 0.05) is 26.0 Å². The minimum absolute atomic E-state index is 0.800. The van der Waals surface area contributed by atoms with Crippen molar-refractivity contribution in [2.45, 2.75) is 6.54 Å². The third-order valence-corrected chi connectivity index (χ3v) is 2.41. The van der Waals surface area contributed by atoms with Crippen molar-refractivity contribution >= 4 is 5.69 Å². The van der Waals surface area contributed by atoms with E-state index in [0.29, 0.717) is 0 Å². The quantitative estimate of drug-likeness (QED) is 0.789. The molecule has 0 spiro atoms. The van der Waals surface area contributed by atoms with Crippen LogP contribution in [0, 0.1) is 0 Å². The molecule has 0 atom stereocenters. The maximum absolute atomic E-state index is 3.99. The molecule has 0 aliphatic heterocycles. The number of benzene rings is 1. The summed E-state index contributed by atoms with van der Waals surface area (Å²) in [6.45, 7) is 0.800. The molecule has 0 saturated carbocycles. The number of rotatable bonds is 4. The smallest absolute Gasteiger partial charge is 0.0516 e. The molecule has 0 saturated heterocycles. The summed E-state index contributed by atoms with van der Waals surface area (Å²) in [4.78, 5) is 3.99. The zero-order chi connectivity index (χ0) is 11.2. The van der Waals surface area contributed by atoms with Gasteiger partial charge in [0.15, 0.2) is 0 Å². The van der Waals surface area contributed by atoms with E-state index in [-0.39, 0.29) is 0 Å². The zero-order valence-electron chi connectivity index (χ0n) is 9.30. The highest BCUT2D eigenvalue weighted by Gasteiger charge is 1.98. The van der Waals surface area contributed by atoms with Gasteiger partial charge < -0.3 is 5.01 Å². The van der Waals surface area contributed by atoms with Gasteiger partial charge in [-0.3, -0.25) is 4.98 Å². The summed E-state index contributed by atoms with van der Waals surface area (Å²) >= 11 is 0. The highest BCUT2D eigenvalue weighted by Crippen LogP contribution is 2.08. The Morgan fingerprint density at radius 2 is 1.75 bits per heavy atom. The van der Waals surface area contributed by atoms with Gasteiger partial charge in [0.25, 0.3) is 0 Å². The highest BCUT2D eigenvalue weighted by molar-refractivity contribution is 5.43. The van der Waals surface area contributed by atoms with Crippen LogP contribution in [0.15, 0.2) is 54.9 Å². The van der Waals surface area contributed by atoms with Crippen LogP contribution in [-0.2, 0) is 6.54 Å². The summed E-state index contributed by atoms with van der Waals surface area (Å²) in [6, 6.07) is 14.2. The summed E-state index contributed by atoms with van der Waals surface area (Å²) in [5, 5.41) is 2.01. The summed E-state index contributed by atoms with van der Waals surface area (Å²) in [7, 11) is 2.01. The first-order valence-corrected chi connectivity index (χ1v) is 5.27. The van der Waals surface area contributed by atoms with Gasteiger partial charge in [-0.15, -0.1) is 0 Å². The number of nitrogens with one attached hydrogen (secondary N) is 1. The number of hydrogen-bond acceptors (Lipinski definition) is 3. The number of nitrogens with zero attached hydrogens (tertiary/aromatic N) is 2. The van der Waals surface area contributed by atoms with Gasteiger partial charge in [0.1, 0.15) is 0 Å². The Labute approximate surface area is 95.7 Å². The molecule has 0 aliphatic carbocycles. The molecule has 2 aromatic rings. The number of pyridine rings is 1. The third kappa shape index (κ3) is 2.81. The van der Waals surface area contributed by atoms with Crippen LogP contribution in [0.2, 0.25) is 0 Å². The number of aromatic nitrogens is 1. The fraction of sp³-hybridized carbons (Fsp3) is 0.154. The van der Waals surface area contributed by atoms with Crippen LogP contribution >= 0.6 is 0 Å². The van der Waals surface area contributed by atoms with Gasteiger partial charge in [-0.1, -0.05) is 18.2 Å². The van der Waals surface area contributed by atoms with Gasteiger partial charge in [-0.25, -0.2) is 5.43 Å². The summed E-state index contributed by atoms with van der Waals surface area (Å²) in [6.07, 6.45) is 3.61. The van der Waals surface area contributed by atoms with E-state index in [1.54, 1.807) is 12.4 Å². The van der Waals surface area contributed by atoms with E-state index >= 15 is 0 Å². The lowest BCUT2D eigenvalue weighted by Crippen LogP contribution is -2.33. The molecular weight excluding hydrogens is 198 g/mol. The van der Waals surface area contributed by atoms with Crippen molar-refractivity contribution in [3.8, 4) is 0 Å². The maximum Gasteiger partial charge on any atom is 0.0516 e. The van der Waals surface area contributed by atoms with Crippen molar-refractivity contribution in [2.75, 3.05) is 12.1 Å². The molecule has 3 nitrogen and oxygen atoms in total. The molecule has 0 amide bonds. The van der Waals surface area contributed by atoms with Crippen molar-refractivity contribution < 1.29 is 0 Å². The lowest BCUT2D eigenvalue weighted by Gasteiger charge is -2.20. The lowest BCUT2D eigenvalue weighted by atomic mass is 10.3. The number of hydrazine groups is 1. The molecule has 0 unspecified atom stereocenters. The van der Waals surface area contributed by atoms with Crippen molar-refractivity contribution in [3.63, 3.8) is 0 Å². The molecule has 2 rings (SSSR count). The largest absolute Gasteiger partial charge is 0.311 e. The molecule has 1 aromatic heterocycles.